The molecule has 10 heteroatoms. The number of methoxy groups -OCH3 is 1. The van der Waals surface area contributed by atoms with E-state index >= 15 is 0 Å². The molecule has 0 spiro atoms. The van der Waals surface area contributed by atoms with Gasteiger partial charge in [-0.25, -0.2) is 0 Å². The largest absolute Gasteiger partial charge is 0.497 e. The average molecular weight is 516 g/mol. The van der Waals surface area contributed by atoms with Gasteiger partial charge in [0.15, 0.2) is 5.17 Å². The number of nitrogens with one attached hydrogen (secondary N) is 1. The predicted molar refractivity (Wildman–Crippen MR) is 137 cm³/mol. The average Bonchev–Trinajstić information content (AvgIpc) is 3.13. The van der Waals surface area contributed by atoms with Crippen LogP contribution in [0.1, 0.15) is 44.1 Å². The second-order valence-corrected chi connectivity index (χ2v) is 11.5. The topological polar surface area (TPSA) is 105 Å². The van der Waals surface area contributed by atoms with Gasteiger partial charge in [-0.3, -0.25) is 14.5 Å². The Bertz CT molecular complexity index is 1220. The standard InChI is InChI=1S/C25H29N3O5S2/c1-17-11-13-21(14-12-17)35(31,32)27-25-28(19-8-4-3-5-9-19)24(30)22(34-25)16-23(29)26-18-7-6-10-20(15-18)33-2/h6-7,10-15,19,22H,3-5,8-9,16H2,1-2H3,(H,26,29)/t22-/m1/s1. The summed E-state index contributed by atoms with van der Waals surface area (Å²) in [5.41, 5.74) is 1.50. The Balaban J connectivity index is 1.56. The molecule has 2 amide bonds. The summed E-state index contributed by atoms with van der Waals surface area (Å²) < 4.78 is 35.3. The first-order valence-electron chi connectivity index (χ1n) is 11.6. The van der Waals surface area contributed by atoms with E-state index in [1.54, 1.807) is 43.5 Å². The smallest absolute Gasteiger partial charge is 0.284 e. The van der Waals surface area contributed by atoms with Crippen LogP contribution in [-0.4, -0.2) is 48.7 Å². The molecule has 4 rings (SSSR count). The second-order valence-electron chi connectivity index (χ2n) is 8.75. The number of carbonyl (C=O) groups is 2. The van der Waals surface area contributed by atoms with Crippen molar-refractivity contribution in [1.82, 2.24) is 4.90 Å². The zero-order valence-corrected chi connectivity index (χ0v) is 21.4. The van der Waals surface area contributed by atoms with Crippen molar-refractivity contribution in [3.63, 3.8) is 0 Å². The van der Waals surface area contributed by atoms with Crippen molar-refractivity contribution >= 4 is 44.5 Å². The van der Waals surface area contributed by atoms with Crippen LogP contribution >= 0.6 is 11.8 Å². The Morgan fingerprint density at radius 1 is 1.14 bits per heavy atom. The number of hydrogen-bond acceptors (Lipinski definition) is 6. The highest BCUT2D eigenvalue weighted by Gasteiger charge is 2.43. The molecular weight excluding hydrogens is 486 g/mol. The fourth-order valence-corrected chi connectivity index (χ4v) is 6.70. The maximum Gasteiger partial charge on any atom is 0.284 e. The molecule has 8 nitrogen and oxygen atoms in total. The number of aryl methyl sites for hydroxylation is 1. The van der Waals surface area contributed by atoms with E-state index < -0.39 is 15.3 Å². The quantitative estimate of drug-likeness (QED) is 0.588. The number of carbonyl (C=O) groups excluding carboxylic acids is 2. The molecule has 35 heavy (non-hydrogen) atoms. The molecule has 0 bridgehead atoms. The molecule has 186 valence electrons. The fraction of sp³-hybridized carbons (Fsp3) is 0.400. The van der Waals surface area contributed by atoms with Crippen molar-refractivity contribution in [2.45, 2.75) is 61.6 Å². The number of nitrogens with zero attached hydrogens (tertiary/aromatic N) is 2. The van der Waals surface area contributed by atoms with E-state index in [0.29, 0.717) is 11.4 Å². The van der Waals surface area contributed by atoms with Crippen molar-refractivity contribution in [2.75, 3.05) is 12.4 Å². The maximum absolute atomic E-state index is 13.4. The molecule has 1 aliphatic carbocycles. The molecule has 2 aromatic carbocycles. The summed E-state index contributed by atoms with van der Waals surface area (Å²) in [4.78, 5) is 27.7. The van der Waals surface area contributed by atoms with Crippen molar-refractivity contribution in [1.29, 1.82) is 0 Å². The molecule has 1 N–H and O–H groups in total. The van der Waals surface area contributed by atoms with Gasteiger partial charge in [0.25, 0.3) is 10.0 Å². The van der Waals surface area contributed by atoms with Gasteiger partial charge < -0.3 is 10.1 Å². The number of amides is 2. The first kappa shape index (κ1) is 25.2. The molecular formula is C25H29N3O5S2. The van der Waals surface area contributed by atoms with Crippen molar-refractivity contribution < 1.29 is 22.7 Å². The van der Waals surface area contributed by atoms with Gasteiger partial charge >= 0.3 is 0 Å². The van der Waals surface area contributed by atoms with Crippen LogP contribution in [-0.2, 0) is 19.6 Å². The van der Waals surface area contributed by atoms with Gasteiger partial charge in [0.05, 0.1) is 12.0 Å². The van der Waals surface area contributed by atoms with Crippen LogP contribution < -0.4 is 10.1 Å². The molecule has 1 saturated carbocycles. The minimum Gasteiger partial charge on any atom is -0.497 e. The molecule has 1 saturated heterocycles. The molecule has 2 fully saturated rings. The van der Waals surface area contributed by atoms with E-state index in [4.69, 9.17) is 4.74 Å². The highest BCUT2D eigenvalue weighted by Crippen LogP contribution is 2.36. The fourth-order valence-electron chi connectivity index (χ4n) is 4.30. The van der Waals surface area contributed by atoms with E-state index in [0.717, 1.165) is 49.4 Å². The highest BCUT2D eigenvalue weighted by molar-refractivity contribution is 8.16. The normalized spacial score (nSPS) is 20.3. The van der Waals surface area contributed by atoms with Gasteiger partial charge in [-0.05, 0) is 44.0 Å². The zero-order chi connectivity index (χ0) is 25.0. The summed E-state index contributed by atoms with van der Waals surface area (Å²) in [7, 11) is -2.46. The number of anilines is 1. The van der Waals surface area contributed by atoms with Crippen molar-refractivity contribution in [3.05, 3.63) is 54.1 Å². The van der Waals surface area contributed by atoms with Crippen LogP contribution in [0.2, 0.25) is 0 Å². The Labute approximate surface area is 210 Å². The molecule has 2 aliphatic rings. The number of ether oxygens (including phenoxy) is 1. The van der Waals surface area contributed by atoms with Crippen LogP contribution in [0.5, 0.6) is 5.75 Å². The van der Waals surface area contributed by atoms with Crippen LogP contribution in [0, 0.1) is 6.92 Å². The lowest BCUT2D eigenvalue weighted by Gasteiger charge is -2.30. The highest BCUT2D eigenvalue weighted by atomic mass is 32.2. The molecule has 2 aromatic rings. The lowest BCUT2D eigenvalue weighted by molar-refractivity contribution is -0.130. The Hall–Kier alpha value is -2.85. The summed E-state index contributed by atoms with van der Waals surface area (Å²) in [5, 5.41) is 2.20. The van der Waals surface area contributed by atoms with Gasteiger partial charge in [-0.15, -0.1) is 4.40 Å². The number of amidine groups is 1. The van der Waals surface area contributed by atoms with Gasteiger partial charge in [0.2, 0.25) is 11.8 Å². The van der Waals surface area contributed by atoms with Gasteiger partial charge in [-0.2, -0.15) is 8.42 Å². The third-order valence-electron chi connectivity index (χ3n) is 6.15. The minimum atomic E-state index is -4.00. The van der Waals surface area contributed by atoms with Crippen molar-refractivity contribution in [3.8, 4) is 5.75 Å². The lowest BCUT2D eigenvalue weighted by atomic mass is 9.94. The molecule has 0 unspecified atom stereocenters. The van der Waals surface area contributed by atoms with E-state index in [-0.39, 0.29) is 34.3 Å². The molecule has 1 aliphatic heterocycles. The third kappa shape index (κ3) is 6.05. The van der Waals surface area contributed by atoms with E-state index in [2.05, 4.69) is 9.71 Å². The summed E-state index contributed by atoms with van der Waals surface area (Å²) in [6, 6.07) is 13.3. The number of thioether (sulfide) groups is 1. The first-order valence-corrected chi connectivity index (χ1v) is 13.9. The number of hydrogen-bond donors (Lipinski definition) is 1. The van der Waals surface area contributed by atoms with Gasteiger partial charge in [0, 0.05) is 24.2 Å². The van der Waals surface area contributed by atoms with Gasteiger partial charge in [-0.1, -0.05) is 54.8 Å². The summed E-state index contributed by atoms with van der Waals surface area (Å²) in [6.45, 7) is 1.87. The van der Waals surface area contributed by atoms with E-state index in [9.17, 15) is 18.0 Å². The molecule has 1 atom stereocenters. The summed E-state index contributed by atoms with van der Waals surface area (Å²) in [6.07, 6.45) is 4.52. The molecule has 0 aromatic heterocycles. The number of sulfonamides is 1. The predicted octanol–water partition coefficient (Wildman–Crippen LogP) is 4.35. The summed E-state index contributed by atoms with van der Waals surface area (Å²) in [5.74, 6) is 0.00390. The number of benzene rings is 2. The molecule has 1 heterocycles. The Morgan fingerprint density at radius 2 is 1.86 bits per heavy atom. The maximum atomic E-state index is 13.4. The lowest BCUT2D eigenvalue weighted by Crippen LogP contribution is -2.42. The van der Waals surface area contributed by atoms with Gasteiger partial charge in [0.1, 0.15) is 11.0 Å². The van der Waals surface area contributed by atoms with Crippen LogP contribution in [0.25, 0.3) is 0 Å². The molecule has 0 radical (unpaired) electrons. The minimum absolute atomic E-state index is 0.0754. The van der Waals surface area contributed by atoms with E-state index in [1.807, 2.05) is 6.92 Å². The third-order valence-corrected chi connectivity index (χ3v) is 8.70. The first-order chi connectivity index (χ1) is 16.8. The number of rotatable bonds is 7. The van der Waals surface area contributed by atoms with Crippen LogP contribution in [0.4, 0.5) is 5.69 Å². The summed E-state index contributed by atoms with van der Waals surface area (Å²) >= 11 is 1.05. The monoisotopic (exact) mass is 515 g/mol. The van der Waals surface area contributed by atoms with Crippen LogP contribution in [0.15, 0.2) is 57.8 Å². The Kier molecular flexibility index (Phi) is 7.81. The van der Waals surface area contributed by atoms with E-state index in [1.165, 1.54) is 17.0 Å². The SMILES string of the molecule is COc1cccc(NC(=O)C[C@H]2SC(=NS(=O)(=O)c3ccc(C)cc3)N(C3CCCCC3)C2=O)c1. The zero-order valence-electron chi connectivity index (χ0n) is 19.8. The Morgan fingerprint density at radius 3 is 2.54 bits per heavy atom. The van der Waals surface area contributed by atoms with Crippen molar-refractivity contribution in [2.24, 2.45) is 4.40 Å². The second kappa shape index (κ2) is 10.8. The van der Waals surface area contributed by atoms with Crippen LogP contribution in [0.3, 0.4) is 0 Å².